The number of amides is 1. The molecule has 1 unspecified atom stereocenters. The van der Waals surface area contributed by atoms with Crippen LogP contribution in [0.3, 0.4) is 0 Å². The Kier molecular flexibility index (Phi) is 5.43. The first-order valence-electron chi connectivity index (χ1n) is 11.6. The fraction of sp³-hybridized carbons (Fsp3) is 0.286. The second-order valence-corrected chi connectivity index (χ2v) is 9.97. The standard InChI is InChI=1S/C28H26N2O5/c1-28(2)15-24-27(25(31)16-28)21(20-10-6-8-17-7-4-5-9-19(17)20)14-26(32)29(24)22-12-11-18(35-3)13-23(22)30(33)34/h4-13,21H,14-16H2,1-3H3. The van der Waals surface area contributed by atoms with Crippen LogP contribution in [0.4, 0.5) is 11.4 Å². The number of hydrogen-bond acceptors (Lipinski definition) is 5. The Morgan fingerprint density at radius 3 is 2.51 bits per heavy atom. The lowest BCUT2D eigenvalue weighted by Crippen LogP contribution is -2.44. The molecule has 5 rings (SSSR count). The number of allylic oxidation sites excluding steroid dienone is 2. The maximum atomic E-state index is 13.7. The molecule has 178 valence electrons. The van der Waals surface area contributed by atoms with Gasteiger partial charge >= 0.3 is 0 Å². The van der Waals surface area contributed by atoms with Gasteiger partial charge in [0.05, 0.1) is 18.1 Å². The maximum absolute atomic E-state index is 13.7. The van der Waals surface area contributed by atoms with Crippen LogP contribution >= 0.6 is 0 Å². The molecule has 0 bridgehead atoms. The third-order valence-electron chi connectivity index (χ3n) is 6.96. The monoisotopic (exact) mass is 470 g/mol. The maximum Gasteiger partial charge on any atom is 0.297 e. The van der Waals surface area contributed by atoms with Crippen molar-refractivity contribution in [3.8, 4) is 5.75 Å². The van der Waals surface area contributed by atoms with Gasteiger partial charge in [-0.25, -0.2) is 0 Å². The highest BCUT2D eigenvalue weighted by Crippen LogP contribution is 2.50. The third kappa shape index (κ3) is 3.87. The highest BCUT2D eigenvalue weighted by molar-refractivity contribution is 6.09. The molecule has 1 heterocycles. The first kappa shape index (κ1) is 22.8. The molecule has 0 N–H and O–H groups in total. The summed E-state index contributed by atoms with van der Waals surface area (Å²) in [5, 5.41) is 14.0. The Morgan fingerprint density at radius 1 is 1.03 bits per heavy atom. The van der Waals surface area contributed by atoms with E-state index in [0.29, 0.717) is 29.9 Å². The van der Waals surface area contributed by atoms with Gasteiger partial charge in [0.1, 0.15) is 11.4 Å². The average Bonchev–Trinajstić information content (AvgIpc) is 2.82. The topological polar surface area (TPSA) is 89.8 Å². The highest BCUT2D eigenvalue weighted by Gasteiger charge is 2.45. The lowest BCUT2D eigenvalue weighted by Gasteiger charge is -2.42. The number of hydrogen-bond donors (Lipinski definition) is 0. The number of ketones is 1. The van der Waals surface area contributed by atoms with Gasteiger partial charge in [0.15, 0.2) is 5.78 Å². The predicted octanol–water partition coefficient (Wildman–Crippen LogP) is 5.92. The molecular weight excluding hydrogens is 444 g/mol. The van der Waals surface area contributed by atoms with Crippen LogP contribution in [0.2, 0.25) is 0 Å². The van der Waals surface area contributed by atoms with Crippen molar-refractivity contribution in [2.75, 3.05) is 12.0 Å². The molecule has 0 aromatic heterocycles. The lowest BCUT2D eigenvalue weighted by atomic mass is 9.69. The van der Waals surface area contributed by atoms with Crippen LogP contribution in [-0.4, -0.2) is 23.7 Å². The van der Waals surface area contributed by atoms with E-state index in [4.69, 9.17) is 4.74 Å². The second kappa shape index (κ2) is 8.34. The van der Waals surface area contributed by atoms with Crippen molar-refractivity contribution in [1.82, 2.24) is 0 Å². The van der Waals surface area contributed by atoms with E-state index in [9.17, 15) is 19.7 Å². The first-order chi connectivity index (χ1) is 16.7. The molecule has 0 radical (unpaired) electrons. The second-order valence-electron chi connectivity index (χ2n) is 9.97. The van der Waals surface area contributed by atoms with E-state index in [-0.39, 0.29) is 34.9 Å². The molecule has 0 saturated carbocycles. The van der Waals surface area contributed by atoms with Gasteiger partial charge in [-0.2, -0.15) is 0 Å². The zero-order valence-electron chi connectivity index (χ0n) is 19.9. The minimum atomic E-state index is -0.516. The summed E-state index contributed by atoms with van der Waals surface area (Å²) in [5.41, 5.74) is 1.63. The zero-order valence-corrected chi connectivity index (χ0v) is 19.9. The zero-order chi connectivity index (χ0) is 24.9. The van der Waals surface area contributed by atoms with Crippen LogP contribution in [0.5, 0.6) is 5.75 Å². The van der Waals surface area contributed by atoms with E-state index >= 15 is 0 Å². The third-order valence-corrected chi connectivity index (χ3v) is 6.96. The van der Waals surface area contributed by atoms with Crippen molar-refractivity contribution in [3.63, 3.8) is 0 Å². The molecule has 3 aromatic rings. The Bertz CT molecular complexity index is 1420. The quantitative estimate of drug-likeness (QED) is 0.349. The summed E-state index contributed by atoms with van der Waals surface area (Å²) >= 11 is 0. The number of rotatable bonds is 4. The van der Waals surface area contributed by atoms with Crippen LogP contribution in [0.15, 0.2) is 71.9 Å². The molecule has 1 aliphatic carbocycles. The summed E-state index contributed by atoms with van der Waals surface area (Å²) in [6.07, 6.45) is 0.881. The molecule has 0 fully saturated rings. The Labute approximate surface area is 203 Å². The van der Waals surface area contributed by atoms with Crippen LogP contribution in [0.1, 0.15) is 44.6 Å². The normalized spacial score (nSPS) is 19.6. The van der Waals surface area contributed by atoms with Crippen molar-refractivity contribution in [2.45, 2.75) is 39.0 Å². The minimum absolute atomic E-state index is 0.0113. The molecule has 2 aliphatic rings. The van der Waals surface area contributed by atoms with Crippen molar-refractivity contribution in [1.29, 1.82) is 0 Å². The predicted molar refractivity (Wildman–Crippen MR) is 133 cm³/mol. The van der Waals surface area contributed by atoms with Gasteiger partial charge in [0, 0.05) is 30.0 Å². The molecule has 1 aliphatic heterocycles. The fourth-order valence-electron chi connectivity index (χ4n) is 5.48. The Hall–Kier alpha value is -4.00. The number of carbonyl (C=O) groups excluding carboxylic acids is 2. The summed E-state index contributed by atoms with van der Waals surface area (Å²) in [6, 6.07) is 18.3. The summed E-state index contributed by atoms with van der Waals surface area (Å²) in [4.78, 5) is 40.2. The van der Waals surface area contributed by atoms with Crippen LogP contribution in [0, 0.1) is 15.5 Å². The summed E-state index contributed by atoms with van der Waals surface area (Å²) in [5.74, 6) is -0.350. The number of benzene rings is 3. The number of ether oxygens (including phenoxy) is 1. The SMILES string of the molecule is COc1ccc(N2C(=O)CC(c3cccc4ccccc34)C3=C2CC(C)(C)CC3=O)c([N+](=O)[O-])c1. The highest BCUT2D eigenvalue weighted by atomic mass is 16.6. The van der Waals surface area contributed by atoms with Gasteiger partial charge in [0.25, 0.3) is 5.69 Å². The van der Waals surface area contributed by atoms with Gasteiger partial charge in [-0.1, -0.05) is 56.3 Å². The van der Waals surface area contributed by atoms with E-state index in [0.717, 1.165) is 16.3 Å². The van der Waals surface area contributed by atoms with E-state index in [1.54, 1.807) is 6.07 Å². The van der Waals surface area contributed by atoms with Crippen LogP contribution < -0.4 is 9.64 Å². The number of anilines is 1. The Morgan fingerprint density at radius 2 is 1.77 bits per heavy atom. The van der Waals surface area contributed by atoms with Crippen molar-refractivity contribution >= 4 is 33.8 Å². The number of nitro groups is 1. The van der Waals surface area contributed by atoms with Crippen molar-refractivity contribution in [2.24, 2.45) is 5.41 Å². The van der Waals surface area contributed by atoms with Crippen molar-refractivity contribution < 1.29 is 19.2 Å². The minimum Gasteiger partial charge on any atom is -0.496 e. The molecule has 1 amide bonds. The molecule has 7 nitrogen and oxygen atoms in total. The number of nitrogens with zero attached hydrogens (tertiary/aromatic N) is 2. The number of fused-ring (bicyclic) bond motifs is 1. The molecular formula is C28H26N2O5. The lowest BCUT2D eigenvalue weighted by molar-refractivity contribution is -0.384. The fourth-order valence-corrected chi connectivity index (χ4v) is 5.48. The number of carbonyl (C=O) groups is 2. The van der Waals surface area contributed by atoms with Crippen LogP contribution in [0.25, 0.3) is 10.8 Å². The van der Waals surface area contributed by atoms with E-state index in [1.807, 2.05) is 56.3 Å². The molecule has 0 spiro atoms. The molecule has 3 aromatic carbocycles. The number of nitro benzene ring substituents is 1. The molecule has 35 heavy (non-hydrogen) atoms. The molecule has 1 atom stereocenters. The smallest absolute Gasteiger partial charge is 0.297 e. The number of Topliss-reactive ketones (excluding diaryl/α,β-unsaturated/α-hetero) is 1. The van der Waals surface area contributed by atoms with E-state index < -0.39 is 10.8 Å². The number of methoxy groups -OCH3 is 1. The summed E-state index contributed by atoms with van der Waals surface area (Å²) in [6.45, 7) is 3.97. The largest absolute Gasteiger partial charge is 0.496 e. The molecule has 7 heteroatoms. The average molecular weight is 471 g/mol. The van der Waals surface area contributed by atoms with Gasteiger partial charge < -0.3 is 4.74 Å². The Balaban J connectivity index is 1.75. The first-order valence-corrected chi connectivity index (χ1v) is 11.6. The van der Waals surface area contributed by atoms with Gasteiger partial charge in [-0.05, 0) is 40.3 Å². The van der Waals surface area contributed by atoms with Crippen molar-refractivity contribution in [3.05, 3.63) is 87.6 Å². The summed E-state index contributed by atoms with van der Waals surface area (Å²) < 4.78 is 5.17. The summed E-state index contributed by atoms with van der Waals surface area (Å²) in [7, 11) is 1.43. The van der Waals surface area contributed by atoms with Gasteiger partial charge in [-0.15, -0.1) is 0 Å². The van der Waals surface area contributed by atoms with E-state index in [1.165, 1.54) is 24.1 Å². The van der Waals surface area contributed by atoms with Crippen LogP contribution in [-0.2, 0) is 9.59 Å². The van der Waals surface area contributed by atoms with E-state index in [2.05, 4.69) is 0 Å². The van der Waals surface area contributed by atoms with Gasteiger partial charge in [0.2, 0.25) is 5.91 Å². The van der Waals surface area contributed by atoms with Gasteiger partial charge in [-0.3, -0.25) is 24.6 Å². The molecule has 0 saturated heterocycles.